The lowest BCUT2D eigenvalue weighted by molar-refractivity contribution is -0.274. The largest absolute Gasteiger partial charge is 0.573 e. The zero-order valence-corrected chi connectivity index (χ0v) is 17.1. The molecule has 170 valence electrons. The first-order chi connectivity index (χ1) is 15.3. The predicted octanol–water partition coefficient (Wildman–Crippen LogP) is 3.54. The van der Waals surface area contributed by atoms with Crippen LogP contribution in [0.3, 0.4) is 0 Å². The highest BCUT2D eigenvalue weighted by Gasteiger charge is 2.32. The number of aromatic nitrogens is 7. The molecule has 0 atom stereocenters. The second-order valence-electron chi connectivity index (χ2n) is 5.55. The minimum atomic E-state index is -4.77. The van der Waals surface area contributed by atoms with Crippen molar-refractivity contribution in [3.05, 3.63) is 79.1 Å². The summed E-state index contributed by atoms with van der Waals surface area (Å²) in [4.78, 5) is 13.7. The molecule has 0 aliphatic heterocycles. The van der Waals surface area contributed by atoms with Crippen LogP contribution < -0.4 is 10.1 Å². The first-order valence-electron chi connectivity index (χ1n) is 8.88. The average molecular weight is 450 g/mol. The van der Waals surface area contributed by atoms with Gasteiger partial charge >= 0.3 is 6.36 Å². The van der Waals surface area contributed by atoms with Crippen LogP contribution in [0.1, 0.15) is 12.6 Å². The topological polar surface area (TPSA) is 134 Å². The monoisotopic (exact) mass is 450 g/mol. The number of para-hydroxylation sites is 2. The Hall–Kier alpha value is -4.29. The number of benzene rings is 1. The van der Waals surface area contributed by atoms with E-state index in [1.807, 2.05) is 37.4 Å². The van der Waals surface area contributed by atoms with E-state index in [2.05, 4.69) is 45.9 Å². The van der Waals surface area contributed by atoms with Crippen LogP contribution in [0.2, 0.25) is 0 Å². The molecule has 4 rings (SSSR count). The molecule has 3 heterocycles. The van der Waals surface area contributed by atoms with E-state index < -0.39 is 18.0 Å². The second-order valence-corrected chi connectivity index (χ2v) is 5.55. The number of halogens is 3. The van der Waals surface area contributed by atoms with E-state index in [-0.39, 0.29) is 5.69 Å². The van der Waals surface area contributed by atoms with Crippen LogP contribution in [-0.4, -0.2) is 48.1 Å². The Morgan fingerprint density at radius 3 is 2.03 bits per heavy atom. The number of anilines is 1. The van der Waals surface area contributed by atoms with Gasteiger partial charge in [-0.25, -0.2) is 0 Å². The number of nitrogens with zero attached hydrogens (tertiary/aromatic N) is 5. The van der Waals surface area contributed by atoms with Crippen molar-refractivity contribution in [3.63, 3.8) is 0 Å². The summed E-state index contributed by atoms with van der Waals surface area (Å²) >= 11 is 0. The van der Waals surface area contributed by atoms with Gasteiger partial charge in [0.05, 0.1) is 5.69 Å². The number of hydrogen-bond donors (Lipinski definition) is 3. The summed E-state index contributed by atoms with van der Waals surface area (Å²) in [6.45, 7) is 3.23. The van der Waals surface area contributed by atoms with Gasteiger partial charge in [-0.2, -0.15) is 15.4 Å². The molecular weight excluding hydrogens is 429 g/mol. The van der Waals surface area contributed by atoms with Crippen LogP contribution in [0.4, 0.5) is 18.9 Å². The lowest BCUT2D eigenvalue weighted by Gasteiger charge is -2.12. The molecule has 0 radical (unpaired) electrons. The smallest absolute Gasteiger partial charge is 0.404 e. The van der Waals surface area contributed by atoms with Gasteiger partial charge in [0.25, 0.3) is 0 Å². The number of carbonyl (C=O) groups is 1. The highest BCUT2D eigenvalue weighted by atomic mass is 19.4. The van der Waals surface area contributed by atoms with E-state index in [9.17, 15) is 18.0 Å². The van der Waals surface area contributed by atoms with Gasteiger partial charge in [-0.05, 0) is 43.3 Å². The summed E-state index contributed by atoms with van der Waals surface area (Å²) in [6.07, 6.45) is 1.75. The van der Waals surface area contributed by atoms with Gasteiger partial charge in [-0.15, -0.1) is 23.4 Å². The maximum absolute atomic E-state index is 11.9. The van der Waals surface area contributed by atoms with Gasteiger partial charge in [-0.3, -0.25) is 4.79 Å². The number of tetrazole rings is 1. The third kappa shape index (κ3) is 13.8. The molecule has 0 saturated heterocycles. The van der Waals surface area contributed by atoms with E-state index in [0.29, 0.717) is 0 Å². The summed E-state index contributed by atoms with van der Waals surface area (Å²) < 4.78 is 39.5. The Morgan fingerprint density at radius 2 is 1.69 bits per heavy atom. The summed E-state index contributed by atoms with van der Waals surface area (Å²) in [5.74, 6) is -0.895. The van der Waals surface area contributed by atoms with Gasteiger partial charge in [-0.1, -0.05) is 17.3 Å². The van der Waals surface area contributed by atoms with Crippen molar-refractivity contribution in [1.82, 2.24) is 35.8 Å². The van der Waals surface area contributed by atoms with E-state index in [4.69, 9.17) is 0 Å². The quantitative estimate of drug-likeness (QED) is 0.425. The Labute approximate surface area is 181 Å². The molecule has 0 saturated carbocycles. The molecule has 0 fully saturated rings. The molecule has 10 nitrogen and oxygen atoms in total. The van der Waals surface area contributed by atoms with Gasteiger partial charge in [0, 0.05) is 31.2 Å². The number of rotatable bonds is 2. The van der Waals surface area contributed by atoms with Crippen molar-refractivity contribution >= 4 is 11.6 Å². The molecule has 1 amide bonds. The van der Waals surface area contributed by atoms with Crippen molar-refractivity contribution in [2.75, 3.05) is 5.32 Å². The van der Waals surface area contributed by atoms with E-state index >= 15 is 0 Å². The predicted molar refractivity (Wildman–Crippen MR) is 109 cm³/mol. The first kappa shape index (κ1) is 25.7. The van der Waals surface area contributed by atoms with Gasteiger partial charge in [0.15, 0.2) is 12.1 Å². The first-order valence-corrected chi connectivity index (χ1v) is 8.88. The number of ether oxygens (including phenoxy) is 1. The lowest BCUT2D eigenvalue weighted by Crippen LogP contribution is -2.18. The molecule has 0 spiro atoms. The number of aryl methyl sites for hydroxylation is 1. The third-order valence-electron chi connectivity index (χ3n) is 2.93. The number of aromatic amines is 2. The molecule has 3 N–H and O–H groups in total. The Balaban J connectivity index is 0.000000245. The van der Waals surface area contributed by atoms with Crippen LogP contribution in [0.25, 0.3) is 0 Å². The number of hydrogen-bond acceptors (Lipinski definition) is 7. The normalized spacial score (nSPS) is 9.53. The number of H-pyrrole nitrogens is 2. The molecule has 4 aromatic rings. The Kier molecular flexibility index (Phi) is 11.8. The minimum Gasteiger partial charge on any atom is -0.404 e. The van der Waals surface area contributed by atoms with E-state index in [1.54, 1.807) is 12.4 Å². The number of carbonyl (C=O) groups excluding carboxylic acids is 1. The number of nitrogens with one attached hydrogen (secondary N) is 3. The maximum atomic E-state index is 11.9. The fourth-order valence-corrected chi connectivity index (χ4v) is 1.78. The van der Waals surface area contributed by atoms with Crippen LogP contribution in [0.15, 0.2) is 73.4 Å². The summed E-state index contributed by atoms with van der Waals surface area (Å²) in [7, 11) is 0. The summed E-state index contributed by atoms with van der Waals surface area (Å²) in [5, 5.41) is 21.5. The fourth-order valence-electron chi connectivity index (χ4n) is 1.78. The zero-order valence-electron chi connectivity index (χ0n) is 17.1. The van der Waals surface area contributed by atoms with Crippen molar-refractivity contribution < 1.29 is 22.7 Å². The van der Waals surface area contributed by atoms with Crippen LogP contribution in [0, 0.1) is 6.92 Å². The third-order valence-corrected chi connectivity index (χ3v) is 2.93. The zero-order chi connectivity index (χ0) is 23.7. The van der Waals surface area contributed by atoms with Crippen molar-refractivity contribution in [1.29, 1.82) is 0 Å². The molecule has 0 unspecified atom stereocenters. The van der Waals surface area contributed by atoms with E-state index in [1.165, 1.54) is 37.1 Å². The summed E-state index contributed by atoms with van der Waals surface area (Å²) in [6, 6.07) is 13.0. The highest BCUT2D eigenvalue weighted by Crippen LogP contribution is 2.29. The lowest BCUT2D eigenvalue weighted by atomic mass is 10.3. The van der Waals surface area contributed by atoms with Crippen molar-refractivity contribution in [2.45, 2.75) is 20.2 Å². The molecule has 0 bridgehead atoms. The van der Waals surface area contributed by atoms with Gasteiger partial charge in [0.2, 0.25) is 5.91 Å². The Bertz CT molecular complexity index is 922. The van der Waals surface area contributed by atoms with E-state index in [0.717, 1.165) is 6.07 Å². The number of amides is 1. The molecule has 13 heteroatoms. The van der Waals surface area contributed by atoms with Gasteiger partial charge < -0.3 is 15.0 Å². The SMILES string of the molecule is CC(=O)Nc1ccccc1OC(F)(F)F.Cc1ccc[nH]1.c1ccnnc1.c1nn[nH]n1. The second kappa shape index (κ2) is 14.7. The van der Waals surface area contributed by atoms with Crippen LogP contribution in [0.5, 0.6) is 5.75 Å². The fraction of sp³-hybridized carbons (Fsp3) is 0.158. The maximum Gasteiger partial charge on any atom is 0.573 e. The molecule has 32 heavy (non-hydrogen) atoms. The van der Waals surface area contributed by atoms with Crippen molar-refractivity contribution in [3.8, 4) is 5.75 Å². The molecule has 0 aliphatic rings. The molecule has 3 aromatic heterocycles. The van der Waals surface area contributed by atoms with Crippen LogP contribution in [-0.2, 0) is 4.79 Å². The average Bonchev–Trinajstić information content (AvgIpc) is 3.47. The summed E-state index contributed by atoms with van der Waals surface area (Å²) in [5.41, 5.74) is 1.21. The van der Waals surface area contributed by atoms with Crippen LogP contribution >= 0.6 is 0 Å². The van der Waals surface area contributed by atoms with Crippen molar-refractivity contribution in [2.24, 2.45) is 0 Å². The molecule has 0 aliphatic carbocycles. The molecular formula is C19H21F3N8O2. The Morgan fingerprint density at radius 1 is 1.00 bits per heavy atom. The molecule has 1 aromatic carbocycles. The standard InChI is InChI=1S/C9H8F3NO2.C5H7N.C4H4N2.CH2N4/c1-6(14)13-7-4-2-3-5-8(7)15-9(10,11)12;1-5-3-2-4-6-5;1-2-4-6-5-3-1;1-2-4-5-3-1/h2-5H,1H3,(H,13,14);2-4,6H,1H3;1-4H;1H,(H,2,3,4,5). The van der Waals surface area contributed by atoms with Gasteiger partial charge in [0.1, 0.15) is 0 Å². The minimum absolute atomic E-state index is 0.0117. The highest BCUT2D eigenvalue weighted by molar-refractivity contribution is 5.90. The number of alkyl halides is 3.